The van der Waals surface area contributed by atoms with Crippen molar-refractivity contribution in [1.29, 1.82) is 0 Å². The molecule has 1 aromatic carbocycles. The van der Waals surface area contributed by atoms with Gasteiger partial charge >= 0.3 is 0 Å². The van der Waals surface area contributed by atoms with Crippen LogP contribution in [0, 0.1) is 0 Å². The van der Waals surface area contributed by atoms with Crippen LogP contribution < -0.4 is 15.0 Å². The number of hydrogen-bond donors (Lipinski definition) is 0. The highest BCUT2D eigenvalue weighted by Crippen LogP contribution is 2.33. The maximum Gasteiger partial charge on any atom is 0.259 e. The Labute approximate surface area is 157 Å². The minimum absolute atomic E-state index is 0.0484. The number of benzene rings is 1. The Morgan fingerprint density at radius 3 is 2.70 bits per heavy atom. The van der Waals surface area contributed by atoms with Crippen LogP contribution in [0.3, 0.4) is 0 Å². The molecule has 0 bridgehead atoms. The van der Waals surface area contributed by atoms with Crippen molar-refractivity contribution < 1.29 is 23.7 Å². The zero-order valence-electron chi connectivity index (χ0n) is 15.8. The molecule has 1 atom stereocenters. The topological polar surface area (TPSA) is 79.2 Å². The van der Waals surface area contributed by atoms with Crippen LogP contribution in [0.1, 0.15) is 0 Å². The van der Waals surface area contributed by atoms with Crippen LogP contribution in [0.25, 0.3) is 10.8 Å². The summed E-state index contributed by atoms with van der Waals surface area (Å²) in [5.74, 6) is 0.871. The largest absolute Gasteiger partial charge is 0.493 e. The molecule has 8 nitrogen and oxygen atoms in total. The summed E-state index contributed by atoms with van der Waals surface area (Å²) in [5, 5.41) is 1.11. The molecular formula is C19H24N2O6. The Balaban J connectivity index is 1.79. The number of rotatable bonds is 6. The molecule has 1 aromatic heterocycles. The second kappa shape index (κ2) is 8.41. The molecule has 0 saturated carbocycles. The molecule has 2 heterocycles. The summed E-state index contributed by atoms with van der Waals surface area (Å²) >= 11 is 0. The maximum atomic E-state index is 12.8. The molecule has 1 aliphatic rings. The zero-order chi connectivity index (χ0) is 19.4. The van der Waals surface area contributed by atoms with Gasteiger partial charge in [-0.3, -0.25) is 9.59 Å². The number of nitrogens with zero attached hydrogens (tertiary/aromatic N) is 2. The lowest BCUT2D eigenvalue weighted by molar-refractivity contribution is -0.136. The SMILES string of the molecule is COc1ccc2c(=O)n(CC(=O)N(C)C[C@H]3COCCO3)ccc2c1OC. The van der Waals surface area contributed by atoms with E-state index in [0.717, 1.165) is 0 Å². The summed E-state index contributed by atoms with van der Waals surface area (Å²) in [4.78, 5) is 26.9. The Morgan fingerprint density at radius 2 is 2.04 bits per heavy atom. The van der Waals surface area contributed by atoms with Crippen molar-refractivity contribution in [3.63, 3.8) is 0 Å². The average molecular weight is 376 g/mol. The van der Waals surface area contributed by atoms with E-state index in [4.69, 9.17) is 18.9 Å². The first-order valence-electron chi connectivity index (χ1n) is 8.72. The molecule has 0 unspecified atom stereocenters. The van der Waals surface area contributed by atoms with Crippen LogP contribution in [-0.4, -0.2) is 69.1 Å². The number of hydrogen-bond acceptors (Lipinski definition) is 6. The van der Waals surface area contributed by atoms with Gasteiger partial charge in [0, 0.05) is 25.2 Å². The minimum Gasteiger partial charge on any atom is -0.493 e. The fourth-order valence-corrected chi connectivity index (χ4v) is 3.13. The van der Waals surface area contributed by atoms with Gasteiger partial charge in [-0.25, -0.2) is 0 Å². The van der Waals surface area contributed by atoms with E-state index in [1.54, 1.807) is 43.5 Å². The third kappa shape index (κ3) is 4.06. The number of methoxy groups -OCH3 is 2. The maximum absolute atomic E-state index is 12.8. The zero-order valence-corrected chi connectivity index (χ0v) is 15.8. The van der Waals surface area contributed by atoms with Gasteiger partial charge in [0.2, 0.25) is 5.91 Å². The quantitative estimate of drug-likeness (QED) is 0.745. The monoisotopic (exact) mass is 376 g/mol. The van der Waals surface area contributed by atoms with E-state index in [2.05, 4.69) is 0 Å². The number of aromatic nitrogens is 1. The van der Waals surface area contributed by atoms with Crippen LogP contribution in [0.15, 0.2) is 29.2 Å². The molecule has 27 heavy (non-hydrogen) atoms. The number of ether oxygens (including phenoxy) is 4. The third-order valence-electron chi connectivity index (χ3n) is 4.59. The fraction of sp³-hybridized carbons (Fsp3) is 0.474. The minimum atomic E-state index is -0.257. The Bertz CT molecular complexity index is 872. The average Bonchev–Trinajstić information content (AvgIpc) is 2.69. The molecule has 1 aliphatic heterocycles. The van der Waals surface area contributed by atoms with Crippen molar-refractivity contribution in [2.45, 2.75) is 12.6 Å². The molecule has 8 heteroatoms. The molecule has 1 saturated heterocycles. The van der Waals surface area contributed by atoms with Gasteiger partial charge in [0.25, 0.3) is 5.56 Å². The molecule has 2 aromatic rings. The van der Waals surface area contributed by atoms with Crippen LogP contribution >= 0.6 is 0 Å². The predicted molar refractivity (Wildman–Crippen MR) is 99.5 cm³/mol. The number of carbonyl (C=O) groups excluding carboxylic acids is 1. The highest BCUT2D eigenvalue weighted by Gasteiger charge is 2.20. The van der Waals surface area contributed by atoms with E-state index >= 15 is 0 Å². The highest BCUT2D eigenvalue weighted by molar-refractivity contribution is 5.90. The van der Waals surface area contributed by atoms with Crippen molar-refractivity contribution in [1.82, 2.24) is 9.47 Å². The van der Waals surface area contributed by atoms with Crippen molar-refractivity contribution in [3.8, 4) is 11.5 Å². The first kappa shape index (κ1) is 19.2. The number of carbonyl (C=O) groups is 1. The van der Waals surface area contributed by atoms with Gasteiger partial charge < -0.3 is 28.4 Å². The smallest absolute Gasteiger partial charge is 0.259 e. The molecule has 0 radical (unpaired) electrons. The van der Waals surface area contributed by atoms with E-state index in [9.17, 15) is 9.59 Å². The van der Waals surface area contributed by atoms with E-state index in [1.165, 1.54) is 11.7 Å². The lowest BCUT2D eigenvalue weighted by Gasteiger charge is -2.27. The Morgan fingerprint density at radius 1 is 1.22 bits per heavy atom. The standard InChI is InChI=1S/C19H24N2O6/c1-20(10-13-12-26-8-9-27-13)17(22)11-21-7-6-14-15(19(21)23)4-5-16(24-2)18(14)25-3/h4-7,13H,8-12H2,1-3H3/t13-/m0/s1. The molecule has 0 aliphatic carbocycles. The molecule has 1 amide bonds. The van der Waals surface area contributed by atoms with Gasteiger partial charge in [0.15, 0.2) is 11.5 Å². The second-order valence-electron chi connectivity index (χ2n) is 6.35. The first-order valence-corrected chi connectivity index (χ1v) is 8.72. The van der Waals surface area contributed by atoms with Crippen LogP contribution in [0.2, 0.25) is 0 Å². The lowest BCUT2D eigenvalue weighted by Crippen LogP contribution is -2.42. The second-order valence-corrected chi connectivity index (χ2v) is 6.35. The predicted octanol–water partition coefficient (Wildman–Crippen LogP) is 0.893. The van der Waals surface area contributed by atoms with Crippen LogP contribution in [0.5, 0.6) is 11.5 Å². The van der Waals surface area contributed by atoms with Gasteiger partial charge in [-0.2, -0.15) is 0 Å². The summed E-state index contributed by atoms with van der Waals surface area (Å²) in [5.41, 5.74) is -0.257. The molecular weight excluding hydrogens is 352 g/mol. The number of pyridine rings is 1. The van der Waals surface area contributed by atoms with E-state index in [1.807, 2.05) is 0 Å². The molecule has 3 rings (SSSR count). The van der Waals surface area contributed by atoms with Crippen molar-refractivity contribution in [2.75, 3.05) is 47.6 Å². The van der Waals surface area contributed by atoms with Gasteiger partial charge in [-0.1, -0.05) is 0 Å². The number of likely N-dealkylation sites (N-methyl/N-ethyl adjacent to an activating group) is 1. The molecule has 1 fully saturated rings. The lowest BCUT2D eigenvalue weighted by atomic mass is 10.1. The van der Waals surface area contributed by atoms with Crippen molar-refractivity contribution in [2.24, 2.45) is 0 Å². The highest BCUT2D eigenvalue weighted by atomic mass is 16.6. The molecule has 0 spiro atoms. The fourth-order valence-electron chi connectivity index (χ4n) is 3.13. The normalized spacial score (nSPS) is 16.9. The summed E-state index contributed by atoms with van der Waals surface area (Å²) in [7, 11) is 4.76. The van der Waals surface area contributed by atoms with Gasteiger partial charge in [0.05, 0.1) is 45.5 Å². The van der Waals surface area contributed by atoms with Crippen molar-refractivity contribution in [3.05, 3.63) is 34.7 Å². The molecule has 146 valence electrons. The Kier molecular flexibility index (Phi) is 5.98. The van der Waals surface area contributed by atoms with Gasteiger partial charge in [-0.15, -0.1) is 0 Å². The Hall–Kier alpha value is -2.58. The van der Waals surface area contributed by atoms with Crippen LogP contribution in [0.4, 0.5) is 0 Å². The molecule has 0 N–H and O–H groups in total. The van der Waals surface area contributed by atoms with Crippen LogP contribution in [-0.2, 0) is 20.8 Å². The van der Waals surface area contributed by atoms with Gasteiger partial charge in [-0.05, 0) is 18.2 Å². The summed E-state index contributed by atoms with van der Waals surface area (Å²) in [6, 6.07) is 5.11. The van der Waals surface area contributed by atoms with Crippen molar-refractivity contribution >= 4 is 16.7 Å². The first-order chi connectivity index (χ1) is 13.0. The summed E-state index contributed by atoms with van der Waals surface area (Å²) in [6.45, 7) is 1.95. The summed E-state index contributed by atoms with van der Waals surface area (Å²) < 4.78 is 22.9. The van der Waals surface area contributed by atoms with E-state index in [-0.39, 0.29) is 24.1 Å². The third-order valence-corrected chi connectivity index (χ3v) is 4.59. The van der Waals surface area contributed by atoms with E-state index in [0.29, 0.717) is 48.6 Å². The van der Waals surface area contributed by atoms with Gasteiger partial charge in [0.1, 0.15) is 6.54 Å². The van der Waals surface area contributed by atoms with E-state index < -0.39 is 0 Å². The number of fused-ring (bicyclic) bond motifs is 1. The number of amides is 1. The summed E-state index contributed by atoms with van der Waals surface area (Å²) in [6.07, 6.45) is 1.45.